The largest absolute Gasteiger partial charge is 0.374 e. The van der Waals surface area contributed by atoms with Crippen molar-refractivity contribution in [3.8, 4) is 0 Å². The normalized spacial score (nSPS) is 28.5. The van der Waals surface area contributed by atoms with Gasteiger partial charge in [-0.1, -0.05) is 12.1 Å². The average Bonchev–Trinajstić information content (AvgIpc) is 2.29. The van der Waals surface area contributed by atoms with Crippen LogP contribution in [-0.4, -0.2) is 26.7 Å². The third-order valence-electron chi connectivity index (χ3n) is 4.11. The fraction of sp³-hybridized carbons (Fsp3) is 0.571. The second-order valence-corrected chi connectivity index (χ2v) is 5.30. The number of hydrogen-bond donors (Lipinski definition) is 1. The van der Waals surface area contributed by atoms with Crippen LogP contribution in [0.5, 0.6) is 0 Å². The van der Waals surface area contributed by atoms with Crippen molar-refractivity contribution >= 4 is 5.69 Å². The van der Waals surface area contributed by atoms with Gasteiger partial charge in [0, 0.05) is 25.8 Å². The molecule has 0 saturated carbocycles. The third-order valence-corrected chi connectivity index (χ3v) is 4.11. The van der Waals surface area contributed by atoms with Gasteiger partial charge in [-0.3, -0.25) is 0 Å². The summed E-state index contributed by atoms with van der Waals surface area (Å²) in [4.78, 5) is 2.43. The Labute approximate surface area is 97.6 Å². The first kappa shape index (κ1) is 10.2. The van der Waals surface area contributed by atoms with Gasteiger partial charge in [0.05, 0.1) is 0 Å². The Balaban J connectivity index is 2.04. The van der Waals surface area contributed by atoms with E-state index in [0.717, 1.165) is 11.8 Å². The first-order valence-electron chi connectivity index (χ1n) is 6.28. The van der Waals surface area contributed by atoms with Gasteiger partial charge in [0.2, 0.25) is 0 Å². The van der Waals surface area contributed by atoms with Crippen molar-refractivity contribution in [1.29, 1.82) is 0 Å². The van der Waals surface area contributed by atoms with E-state index in [1.807, 2.05) is 0 Å². The number of benzene rings is 1. The summed E-state index contributed by atoms with van der Waals surface area (Å²) in [5.41, 5.74) is 4.41. The minimum absolute atomic E-state index is 0.785. The van der Waals surface area contributed by atoms with Crippen molar-refractivity contribution in [3.05, 3.63) is 29.3 Å². The van der Waals surface area contributed by atoms with Crippen LogP contribution < -0.4 is 10.2 Å². The maximum atomic E-state index is 3.52. The van der Waals surface area contributed by atoms with E-state index in [0.29, 0.717) is 0 Å². The van der Waals surface area contributed by atoms with Crippen molar-refractivity contribution in [2.45, 2.75) is 19.3 Å². The molecule has 0 aromatic heterocycles. The molecular weight excluding hydrogens is 196 g/mol. The molecule has 86 valence electrons. The molecule has 2 atom stereocenters. The van der Waals surface area contributed by atoms with Crippen LogP contribution in [0.25, 0.3) is 0 Å². The van der Waals surface area contributed by atoms with Gasteiger partial charge in [0.15, 0.2) is 0 Å². The van der Waals surface area contributed by atoms with Gasteiger partial charge in [0.1, 0.15) is 0 Å². The molecule has 2 aliphatic heterocycles. The molecule has 0 bridgehead atoms. The second-order valence-electron chi connectivity index (χ2n) is 5.30. The lowest BCUT2D eigenvalue weighted by molar-refractivity contribution is 0.318. The van der Waals surface area contributed by atoms with E-state index in [4.69, 9.17) is 0 Å². The van der Waals surface area contributed by atoms with Crippen LogP contribution in [0.3, 0.4) is 0 Å². The van der Waals surface area contributed by atoms with Gasteiger partial charge in [-0.2, -0.15) is 0 Å². The molecular formula is C14H20N2. The Hall–Kier alpha value is -1.02. The van der Waals surface area contributed by atoms with E-state index >= 15 is 0 Å². The van der Waals surface area contributed by atoms with Crippen LogP contribution in [-0.2, 0) is 0 Å². The fourth-order valence-corrected chi connectivity index (χ4v) is 3.27. The lowest BCUT2D eigenvalue weighted by Crippen LogP contribution is -2.44. The summed E-state index contributed by atoms with van der Waals surface area (Å²) in [5.74, 6) is 1.59. The molecule has 1 N–H and O–H groups in total. The Morgan fingerprint density at radius 3 is 3.12 bits per heavy atom. The Morgan fingerprint density at radius 1 is 1.38 bits per heavy atom. The number of anilines is 1. The number of nitrogens with zero attached hydrogens (tertiary/aromatic N) is 1. The zero-order valence-electron chi connectivity index (χ0n) is 10.2. The predicted octanol–water partition coefficient (Wildman–Crippen LogP) is 2.14. The minimum atomic E-state index is 0.785. The summed E-state index contributed by atoms with van der Waals surface area (Å²) in [6.45, 7) is 5.75. The van der Waals surface area contributed by atoms with E-state index in [9.17, 15) is 0 Å². The molecule has 0 radical (unpaired) electrons. The summed E-state index contributed by atoms with van der Waals surface area (Å²) in [5, 5.41) is 3.52. The van der Waals surface area contributed by atoms with Crippen LogP contribution in [0.15, 0.2) is 18.2 Å². The van der Waals surface area contributed by atoms with Crippen LogP contribution in [0, 0.1) is 12.8 Å². The zero-order chi connectivity index (χ0) is 11.1. The van der Waals surface area contributed by atoms with E-state index < -0.39 is 0 Å². The Morgan fingerprint density at radius 2 is 2.25 bits per heavy atom. The number of hydrogen-bond acceptors (Lipinski definition) is 2. The highest BCUT2D eigenvalue weighted by atomic mass is 15.1. The molecule has 16 heavy (non-hydrogen) atoms. The highest BCUT2D eigenvalue weighted by molar-refractivity contribution is 5.58. The molecule has 1 fully saturated rings. The lowest BCUT2D eigenvalue weighted by atomic mass is 9.77. The van der Waals surface area contributed by atoms with Crippen molar-refractivity contribution in [2.75, 3.05) is 31.6 Å². The maximum Gasteiger partial charge on any atom is 0.0401 e. The monoisotopic (exact) mass is 216 g/mol. The number of fused-ring (bicyclic) bond motifs is 3. The molecule has 2 nitrogen and oxygen atoms in total. The van der Waals surface area contributed by atoms with Gasteiger partial charge < -0.3 is 10.2 Å². The number of nitrogens with one attached hydrogen (secondary N) is 1. The SMILES string of the molecule is Cc1ccc2c(c1)N(C)CC1CNCCC21. The summed E-state index contributed by atoms with van der Waals surface area (Å²) in [7, 11) is 2.23. The number of aryl methyl sites for hydroxylation is 1. The van der Waals surface area contributed by atoms with Gasteiger partial charge >= 0.3 is 0 Å². The summed E-state index contributed by atoms with van der Waals surface area (Å²) in [6.07, 6.45) is 1.30. The molecule has 1 saturated heterocycles. The molecule has 0 spiro atoms. The summed E-state index contributed by atoms with van der Waals surface area (Å²) >= 11 is 0. The topological polar surface area (TPSA) is 15.3 Å². The number of piperidine rings is 1. The molecule has 1 aromatic carbocycles. The summed E-state index contributed by atoms with van der Waals surface area (Å²) < 4.78 is 0. The third kappa shape index (κ3) is 1.52. The van der Waals surface area contributed by atoms with Gasteiger partial charge in [0.25, 0.3) is 0 Å². The van der Waals surface area contributed by atoms with E-state index in [1.54, 1.807) is 5.56 Å². The average molecular weight is 216 g/mol. The van der Waals surface area contributed by atoms with Crippen LogP contribution in [0.2, 0.25) is 0 Å². The Kier molecular flexibility index (Phi) is 2.40. The maximum absolute atomic E-state index is 3.52. The van der Waals surface area contributed by atoms with Crippen molar-refractivity contribution in [1.82, 2.24) is 5.32 Å². The van der Waals surface area contributed by atoms with E-state index in [2.05, 4.69) is 42.4 Å². The standard InChI is InChI=1S/C14H20N2/c1-10-3-4-13-12-5-6-15-8-11(12)9-16(2)14(13)7-10/h3-4,7,11-12,15H,5-6,8-9H2,1-2H3. The van der Waals surface area contributed by atoms with Crippen LogP contribution in [0.4, 0.5) is 5.69 Å². The van der Waals surface area contributed by atoms with Gasteiger partial charge in [-0.25, -0.2) is 0 Å². The second kappa shape index (κ2) is 3.77. The smallest absolute Gasteiger partial charge is 0.0401 e. The van der Waals surface area contributed by atoms with Gasteiger partial charge in [-0.15, -0.1) is 0 Å². The van der Waals surface area contributed by atoms with E-state index in [-0.39, 0.29) is 0 Å². The molecule has 2 aliphatic rings. The molecule has 2 heteroatoms. The molecule has 1 aromatic rings. The molecule has 3 rings (SSSR count). The Bertz CT molecular complexity index is 400. The first-order chi connectivity index (χ1) is 7.75. The summed E-state index contributed by atoms with van der Waals surface area (Å²) in [6, 6.07) is 6.95. The van der Waals surface area contributed by atoms with Crippen molar-refractivity contribution in [3.63, 3.8) is 0 Å². The van der Waals surface area contributed by atoms with Gasteiger partial charge in [-0.05, 0) is 48.9 Å². The van der Waals surface area contributed by atoms with Crippen LogP contribution >= 0.6 is 0 Å². The zero-order valence-corrected chi connectivity index (χ0v) is 10.2. The number of rotatable bonds is 0. The highest BCUT2D eigenvalue weighted by Crippen LogP contribution is 2.41. The lowest BCUT2D eigenvalue weighted by Gasteiger charge is -2.42. The fourth-order valence-electron chi connectivity index (χ4n) is 3.27. The quantitative estimate of drug-likeness (QED) is 0.715. The predicted molar refractivity (Wildman–Crippen MR) is 68.2 cm³/mol. The molecule has 0 amide bonds. The first-order valence-corrected chi connectivity index (χ1v) is 6.28. The minimum Gasteiger partial charge on any atom is -0.374 e. The van der Waals surface area contributed by atoms with E-state index in [1.165, 1.54) is 37.3 Å². The van der Waals surface area contributed by atoms with Crippen LogP contribution in [0.1, 0.15) is 23.5 Å². The molecule has 2 heterocycles. The molecule has 0 aliphatic carbocycles. The molecule has 2 unspecified atom stereocenters. The van der Waals surface area contributed by atoms with Crippen molar-refractivity contribution in [2.24, 2.45) is 5.92 Å². The van der Waals surface area contributed by atoms with Crippen molar-refractivity contribution < 1.29 is 0 Å². The highest BCUT2D eigenvalue weighted by Gasteiger charge is 2.33.